The first-order valence-corrected chi connectivity index (χ1v) is 7.16. The SMILES string of the molecule is CC1(O)CCCN(c2ccc(C(N)=S)c(Br)c2)C1. The van der Waals surface area contributed by atoms with Gasteiger partial charge in [0.2, 0.25) is 0 Å². The second-order valence-electron chi connectivity index (χ2n) is 5.05. The summed E-state index contributed by atoms with van der Waals surface area (Å²) in [5.41, 5.74) is 6.96. The molecule has 1 unspecified atom stereocenters. The number of aliphatic hydroxyl groups is 1. The average molecular weight is 329 g/mol. The molecule has 1 aromatic rings. The first-order chi connectivity index (χ1) is 8.39. The highest BCUT2D eigenvalue weighted by atomic mass is 79.9. The number of anilines is 1. The van der Waals surface area contributed by atoms with Crippen molar-refractivity contribution in [2.75, 3.05) is 18.0 Å². The lowest BCUT2D eigenvalue weighted by Gasteiger charge is -2.38. The van der Waals surface area contributed by atoms with Crippen LogP contribution in [0.5, 0.6) is 0 Å². The highest BCUT2D eigenvalue weighted by Gasteiger charge is 2.28. The Hall–Kier alpha value is -0.650. The third-order valence-corrected chi connectivity index (χ3v) is 4.13. The molecule has 0 saturated carbocycles. The molecule has 5 heteroatoms. The minimum absolute atomic E-state index is 0.388. The molecule has 18 heavy (non-hydrogen) atoms. The quantitative estimate of drug-likeness (QED) is 0.819. The van der Waals surface area contributed by atoms with E-state index in [1.807, 2.05) is 25.1 Å². The Bertz CT molecular complexity index is 476. The van der Waals surface area contributed by atoms with E-state index in [1.54, 1.807) is 0 Å². The molecule has 0 bridgehead atoms. The van der Waals surface area contributed by atoms with Gasteiger partial charge in [-0.1, -0.05) is 12.2 Å². The standard InChI is InChI=1S/C13H17BrN2OS/c1-13(17)5-2-6-16(8-13)9-3-4-10(12(15)18)11(14)7-9/h3-4,7,17H,2,5-6,8H2,1H3,(H2,15,18). The van der Waals surface area contributed by atoms with Gasteiger partial charge in [-0.2, -0.15) is 0 Å². The lowest BCUT2D eigenvalue weighted by Crippen LogP contribution is -2.46. The molecule has 1 aliphatic heterocycles. The molecular weight excluding hydrogens is 312 g/mol. The Kier molecular flexibility index (Phi) is 3.94. The van der Waals surface area contributed by atoms with Crippen molar-refractivity contribution in [3.05, 3.63) is 28.2 Å². The fraction of sp³-hybridized carbons (Fsp3) is 0.462. The molecule has 1 fully saturated rings. The fourth-order valence-electron chi connectivity index (χ4n) is 2.34. The van der Waals surface area contributed by atoms with Crippen molar-refractivity contribution >= 4 is 38.8 Å². The highest BCUT2D eigenvalue weighted by molar-refractivity contribution is 9.10. The third kappa shape index (κ3) is 3.02. The van der Waals surface area contributed by atoms with Gasteiger partial charge in [0.15, 0.2) is 0 Å². The van der Waals surface area contributed by atoms with E-state index in [0.29, 0.717) is 11.5 Å². The minimum Gasteiger partial charge on any atom is -0.389 e. The van der Waals surface area contributed by atoms with Crippen LogP contribution in [0, 0.1) is 0 Å². The predicted molar refractivity (Wildman–Crippen MR) is 82.1 cm³/mol. The maximum absolute atomic E-state index is 10.1. The molecule has 1 saturated heterocycles. The van der Waals surface area contributed by atoms with Crippen molar-refractivity contribution in [2.24, 2.45) is 5.73 Å². The van der Waals surface area contributed by atoms with Crippen LogP contribution in [0.15, 0.2) is 22.7 Å². The lowest BCUT2D eigenvalue weighted by molar-refractivity contribution is 0.0449. The molecule has 3 nitrogen and oxygen atoms in total. The minimum atomic E-state index is -0.605. The summed E-state index contributed by atoms with van der Waals surface area (Å²) in [6.45, 7) is 3.51. The number of piperidine rings is 1. The number of nitrogens with two attached hydrogens (primary N) is 1. The number of thiocarbonyl (C=S) groups is 1. The number of hydrogen-bond donors (Lipinski definition) is 2. The molecular formula is C13H17BrN2OS. The molecule has 0 amide bonds. The Morgan fingerprint density at radius 1 is 1.56 bits per heavy atom. The van der Waals surface area contributed by atoms with Crippen LogP contribution >= 0.6 is 28.1 Å². The van der Waals surface area contributed by atoms with Gasteiger partial charge in [-0.3, -0.25) is 0 Å². The molecule has 1 heterocycles. The van der Waals surface area contributed by atoms with Gasteiger partial charge in [-0.25, -0.2) is 0 Å². The summed E-state index contributed by atoms with van der Waals surface area (Å²) in [6.07, 6.45) is 1.86. The van der Waals surface area contributed by atoms with E-state index in [2.05, 4.69) is 20.8 Å². The number of rotatable bonds is 2. The topological polar surface area (TPSA) is 49.5 Å². The summed E-state index contributed by atoms with van der Waals surface area (Å²) < 4.78 is 0.901. The van der Waals surface area contributed by atoms with Crippen molar-refractivity contribution < 1.29 is 5.11 Å². The Balaban J connectivity index is 2.24. The molecule has 2 rings (SSSR count). The Morgan fingerprint density at radius 2 is 2.28 bits per heavy atom. The van der Waals surface area contributed by atoms with Crippen molar-refractivity contribution in [2.45, 2.75) is 25.4 Å². The largest absolute Gasteiger partial charge is 0.389 e. The summed E-state index contributed by atoms with van der Waals surface area (Å²) in [4.78, 5) is 2.58. The van der Waals surface area contributed by atoms with Crippen molar-refractivity contribution in [1.29, 1.82) is 0 Å². The third-order valence-electron chi connectivity index (χ3n) is 3.26. The number of benzene rings is 1. The summed E-state index contributed by atoms with van der Waals surface area (Å²) in [7, 11) is 0. The van der Waals surface area contributed by atoms with E-state index < -0.39 is 5.60 Å². The number of hydrogen-bond acceptors (Lipinski definition) is 3. The number of halogens is 1. The Morgan fingerprint density at radius 3 is 2.83 bits per heavy atom. The fourth-order valence-corrected chi connectivity index (χ4v) is 3.23. The lowest BCUT2D eigenvalue weighted by atomic mass is 9.95. The van der Waals surface area contributed by atoms with Crippen LogP contribution in [-0.4, -0.2) is 28.8 Å². The maximum Gasteiger partial charge on any atom is 0.105 e. The van der Waals surface area contributed by atoms with Crippen LogP contribution in [0.3, 0.4) is 0 Å². The van der Waals surface area contributed by atoms with E-state index in [4.69, 9.17) is 18.0 Å². The van der Waals surface area contributed by atoms with E-state index >= 15 is 0 Å². The zero-order chi connectivity index (χ0) is 13.3. The highest BCUT2D eigenvalue weighted by Crippen LogP contribution is 2.29. The van der Waals surface area contributed by atoms with Gasteiger partial charge < -0.3 is 15.7 Å². The molecule has 98 valence electrons. The van der Waals surface area contributed by atoms with Crippen LogP contribution in [0.2, 0.25) is 0 Å². The zero-order valence-electron chi connectivity index (χ0n) is 10.3. The molecule has 3 N–H and O–H groups in total. The van der Waals surface area contributed by atoms with Gasteiger partial charge in [0.05, 0.1) is 5.60 Å². The zero-order valence-corrected chi connectivity index (χ0v) is 12.7. The van der Waals surface area contributed by atoms with E-state index in [-0.39, 0.29) is 0 Å². The average Bonchev–Trinajstić information content (AvgIpc) is 2.27. The molecule has 1 aromatic carbocycles. The second-order valence-corrected chi connectivity index (χ2v) is 6.34. The summed E-state index contributed by atoms with van der Waals surface area (Å²) in [6, 6.07) is 5.93. The normalized spacial score (nSPS) is 24.1. The van der Waals surface area contributed by atoms with Crippen molar-refractivity contribution in [1.82, 2.24) is 0 Å². The first-order valence-electron chi connectivity index (χ1n) is 5.96. The van der Waals surface area contributed by atoms with Gasteiger partial charge in [0.25, 0.3) is 0 Å². The molecule has 1 aliphatic rings. The van der Waals surface area contributed by atoms with E-state index in [0.717, 1.165) is 35.1 Å². The van der Waals surface area contributed by atoms with E-state index in [9.17, 15) is 5.11 Å². The molecule has 0 aliphatic carbocycles. The Labute approximate surface area is 121 Å². The molecule has 1 atom stereocenters. The summed E-state index contributed by atoms with van der Waals surface area (Å²) in [5, 5.41) is 10.1. The monoisotopic (exact) mass is 328 g/mol. The van der Waals surface area contributed by atoms with Crippen molar-refractivity contribution in [3.8, 4) is 0 Å². The van der Waals surface area contributed by atoms with Gasteiger partial charge in [-0.05, 0) is 53.9 Å². The molecule has 0 radical (unpaired) electrons. The van der Waals surface area contributed by atoms with Crippen LogP contribution in [0.1, 0.15) is 25.3 Å². The second kappa shape index (κ2) is 5.15. The number of nitrogens with zero attached hydrogens (tertiary/aromatic N) is 1. The summed E-state index contributed by atoms with van der Waals surface area (Å²) in [5.74, 6) is 0. The van der Waals surface area contributed by atoms with Gasteiger partial charge >= 0.3 is 0 Å². The first kappa shape index (κ1) is 13.8. The van der Waals surface area contributed by atoms with Gasteiger partial charge in [0, 0.05) is 28.8 Å². The van der Waals surface area contributed by atoms with E-state index in [1.165, 1.54) is 0 Å². The van der Waals surface area contributed by atoms with Crippen LogP contribution < -0.4 is 10.6 Å². The summed E-state index contributed by atoms with van der Waals surface area (Å²) >= 11 is 8.47. The smallest absolute Gasteiger partial charge is 0.105 e. The predicted octanol–water partition coefficient (Wildman–Crippen LogP) is 2.43. The molecule has 0 spiro atoms. The van der Waals surface area contributed by atoms with Crippen LogP contribution in [0.4, 0.5) is 5.69 Å². The maximum atomic E-state index is 10.1. The van der Waals surface area contributed by atoms with Crippen LogP contribution in [0.25, 0.3) is 0 Å². The van der Waals surface area contributed by atoms with Crippen LogP contribution in [-0.2, 0) is 0 Å². The number of β-amino-alcohol motifs (C(OH)–C–C–N with tert-alkyl or cyclic N) is 1. The van der Waals surface area contributed by atoms with Gasteiger partial charge in [0.1, 0.15) is 4.99 Å². The van der Waals surface area contributed by atoms with Crippen molar-refractivity contribution in [3.63, 3.8) is 0 Å². The van der Waals surface area contributed by atoms with Gasteiger partial charge in [-0.15, -0.1) is 0 Å². The molecule has 0 aromatic heterocycles.